The summed E-state index contributed by atoms with van der Waals surface area (Å²) in [6.07, 6.45) is -2.64. The van der Waals surface area contributed by atoms with Gasteiger partial charge in [0.25, 0.3) is 0 Å². The van der Waals surface area contributed by atoms with E-state index in [2.05, 4.69) is 4.98 Å². The number of nitrogens with zero attached hydrogens (tertiary/aromatic N) is 1. The number of aryl methyl sites for hydroxylation is 3. The molecule has 1 saturated carbocycles. The van der Waals surface area contributed by atoms with E-state index >= 15 is 0 Å². The molecule has 196 valence electrons. The zero-order valence-corrected chi connectivity index (χ0v) is 22.0. The fraction of sp³-hybridized carbons (Fsp3) is 0.519. The molecule has 36 heavy (non-hydrogen) atoms. The third kappa shape index (κ3) is 5.71. The zero-order chi connectivity index (χ0) is 27.1. The average molecular weight is 524 g/mol. The van der Waals surface area contributed by atoms with Gasteiger partial charge in [-0.05, 0) is 59.9 Å². The molecule has 5 nitrogen and oxygen atoms in total. The molecule has 1 aromatic carbocycles. The molecule has 2 aromatic rings. The molecule has 0 spiro atoms. The van der Waals surface area contributed by atoms with Gasteiger partial charge in [0.05, 0.1) is 11.3 Å². The summed E-state index contributed by atoms with van der Waals surface area (Å²) in [6, 6.07) is 5.55. The molecular formula is C27H32F3NO4S. The Hall–Kier alpha value is -2.55. The van der Waals surface area contributed by atoms with Crippen LogP contribution >= 0.6 is 0 Å². The highest BCUT2D eigenvalue weighted by molar-refractivity contribution is 7.91. The van der Waals surface area contributed by atoms with Gasteiger partial charge in [-0.1, -0.05) is 45.4 Å². The lowest BCUT2D eigenvalue weighted by atomic mass is 9.66. The monoisotopic (exact) mass is 523 g/mol. The number of ketones is 2. The molecule has 0 atom stereocenters. The van der Waals surface area contributed by atoms with Gasteiger partial charge in [-0.3, -0.25) is 9.59 Å². The van der Waals surface area contributed by atoms with E-state index in [1.54, 1.807) is 13.8 Å². The minimum Gasteiger partial charge on any atom is -0.299 e. The lowest BCUT2D eigenvalue weighted by Gasteiger charge is -2.38. The fourth-order valence-electron chi connectivity index (χ4n) is 5.17. The predicted octanol–water partition coefficient (Wildman–Crippen LogP) is 5.67. The molecule has 0 radical (unpaired) electrons. The van der Waals surface area contributed by atoms with Crippen molar-refractivity contribution in [2.45, 2.75) is 77.4 Å². The Morgan fingerprint density at radius 2 is 1.50 bits per heavy atom. The Kier molecular flexibility index (Phi) is 7.84. The SMILES string of the molecule is CCc1cc(C)cc(CC)c1C1C(=O)CC(C(C)(C)CS(=O)(=O)c2ccc(C(F)(F)F)cn2)CC1=O. The molecule has 0 aliphatic heterocycles. The molecule has 1 aliphatic rings. The van der Waals surface area contributed by atoms with E-state index in [-0.39, 0.29) is 24.4 Å². The van der Waals surface area contributed by atoms with Crippen molar-refractivity contribution >= 4 is 21.4 Å². The van der Waals surface area contributed by atoms with Crippen molar-refractivity contribution in [2.75, 3.05) is 5.75 Å². The highest BCUT2D eigenvalue weighted by Gasteiger charge is 2.45. The number of rotatable bonds is 7. The Morgan fingerprint density at radius 1 is 0.972 bits per heavy atom. The van der Waals surface area contributed by atoms with Gasteiger partial charge >= 0.3 is 6.18 Å². The number of sulfone groups is 1. The van der Waals surface area contributed by atoms with E-state index in [4.69, 9.17) is 0 Å². The number of carbonyl (C=O) groups excluding carboxylic acids is 2. The Morgan fingerprint density at radius 3 is 1.92 bits per heavy atom. The standard InChI is InChI=1S/C27H32F3NO4S/c1-6-17-10-16(3)11-18(7-2)24(17)25-21(32)12-20(13-22(25)33)26(4,5)15-36(34,35)23-9-8-19(14-31-23)27(28,29)30/h8-11,14,20,25H,6-7,12-13,15H2,1-5H3. The van der Waals surface area contributed by atoms with Crippen LogP contribution in [0.2, 0.25) is 0 Å². The van der Waals surface area contributed by atoms with Crippen molar-refractivity contribution in [3.05, 3.63) is 58.3 Å². The van der Waals surface area contributed by atoms with Crippen LogP contribution in [-0.4, -0.2) is 30.7 Å². The lowest BCUT2D eigenvalue weighted by Crippen LogP contribution is -2.41. The summed E-state index contributed by atoms with van der Waals surface area (Å²) in [6.45, 7) is 9.29. The van der Waals surface area contributed by atoms with Crippen molar-refractivity contribution < 1.29 is 31.2 Å². The summed E-state index contributed by atoms with van der Waals surface area (Å²) in [7, 11) is -4.06. The summed E-state index contributed by atoms with van der Waals surface area (Å²) >= 11 is 0. The van der Waals surface area contributed by atoms with Gasteiger partial charge in [0, 0.05) is 19.0 Å². The second kappa shape index (κ2) is 10.1. The first-order valence-corrected chi connectivity index (χ1v) is 13.7. The van der Waals surface area contributed by atoms with Gasteiger partial charge in [-0.15, -0.1) is 0 Å². The molecule has 1 fully saturated rings. The largest absolute Gasteiger partial charge is 0.417 e. The van der Waals surface area contributed by atoms with Crippen LogP contribution in [0.15, 0.2) is 35.5 Å². The molecule has 1 aromatic heterocycles. The minimum absolute atomic E-state index is 0.0551. The van der Waals surface area contributed by atoms with Gasteiger partial charge in [0.2, 0.25) is 0 Å². The molecule has 9 heteroatoms. The van der Waals surface area contributed by atoms with E-state index in [0.717, 1.165) is 28.3 Å². The number of alkyl halides is 3. The first-order valence-electron chi connectivity index (χ1n) is 12.0. The summed E-state index contributed by atoms with van der Waals surface area (Å²) < 4.78 is 64.4. The molecule has 0 N–H and O–H groups in total. The van der Waals surface area contributed by atoms with Crippen LogP contribution in [0, 0.1) is 18.3 Å². The summed E-state index contributed by atoms with van der Waals surface area (Å²) in [5.74, 6) is -2.25. The maximum absolute atomic E-state index is 13.4. The Labute approximate surface area is 210 Å². The van der Waals surface area contributed by atoms with Gasteiger partial charge in [0.15, 0.2) is 14.9 Å². The van der Waals surface area contributed by atoms with Crippen LogP contribution < -0.4 is 0 Å². The third-order valence-electron chi connectivity index (χ3n) is 7.13. The number of Topliss-reactive ketones (excluding diaryl/α,β-unsaturated/α-hetero) is 2. The van der Waals surface area contributed by atoms with Crippen molar-refractivity contribution in [1.29, 1.82) is 0 Å². The molecule has 3 rings (SSSR count). The van der Waals surface area contributed by atoms with E-state index in [9.17, 15) is 31.2 Å². The second-order valence-corrected chi connectivity index (χ2v) is 12.2. The molecule has 0 unspecified atom stereocenters. The fourth-order valence-corrected chi connectivity index (χ4v) is 7.02. The van der Waals surface area contributed by atoms with Crippen molar-refractivity contribution in [2.24, 2.45) is 11.3 Å². The number of halogens is 3. The number of aromatic nitrogens is 1. The lowest BCUT2D eigenvalue weighted by molar-refractivity contribution is -0.138. The van der Waals surface area contributed by atoms with Gasteiger partial charge in [0.1, 0.15) is 17.5 Å². The van der Waals surface area contributed by atoms with Crippen LogP contribution in [0.3, 0.4) is 0 Å². The Bertz CT molecular complexity index is 1220. The molecule has 0 saturated heterocycles. The average Bonchev–Trinajstić information content (AvgIpc) is 2.77. The predicted molar refractivity (Wildman–Crippen MR) is 130 cm³/mol. The first-order chi connectivity index (χ1) is 16.6. The second-order valence-electron chi connectivity index (χ2n) is 10.3. The molecule has 0 bridgehead atoms. The number of benzene rings is 1. The number of pyridine rings is 1. The topological polar surface area (TPSA) is 81.2 Å². The maximum atomic E-state index is 13.4. The van der Waals surface area contributed by atoms with E-state index < -0.39 is 49.6 Å². The van der Waals surface area contributed by atoms with E-state index in [1.165, 1.54) is 0 Å². The van der Waals surface area contributed by atoms with Gasteiger partial charge < -0.3 is 0 Å². The van der Waals surface area contributed by atoms with Crippen LogP contribution in [-0.2, 0) is 38.4 Å². The number of carbonyl (C=O) groups is 2. The molecular weight excluding hydrogens is 491 g/mol. The number of hydrogen-bond acceptors (Lipinski definition) is 5. The van der Waals surface area contributed by atoms with Crippen molar-refractivity contribution in [3.63, 3.8) is 0 Å². The molecule has 0 amide bonds. The van der Waals surface area contributed by atoms with Crippen LogP contribution in [0.4, 0.5) is 13.2 Å². The zero-order valence-electron chi connectivity index (χ0n) is 21.2. The van der Waals surface area contributed by atoms with Crippen molar-refractivity contribution in [3.8, 4) is 0 Å². The van der Waals surface area contributed by atoms with Crippen molar-refractivity contribution in [1.82, 2.24) is 4.98 Å². The summed E-state index contributed by atoms with van der Waals surface area (Å²) in [4.78, 5) is 30.3. The third-order valence-corrected chi connectivity index (χ3v) is 9.14. The van der Waals surface area contributed by atoms with Gasteiger partial charge in [-0.2, -0.15) is 13.2 Å². The highest BCUT2D eigenvalue weighted by Crippen LogP contribution is 2.43. The molecule has 1 aliphatic carbocycles. The highest BCUT2D eigenvalue weighted by atomic mass is 32.2. The summed E-state index contributed by atoms with van der Waals surface area (Å²) in [5.41, 5.74) is 1.81. The van der Waals surface area contributed by atoms with Crippen LogP contribution in [0.1, 0.15) is 74.3 Å². The minimum atomic E-state index is -4.62. The van der Waals surface area contributed by atoms with E-state index in [0.29, 0.717) is 25.1 Å². The number of hydrogen-bond donors (Lipinski definition) is 0. The first kappa shape index (κ1) is 28.0. The smallest absolute Gasteiger partial charge is 0.299 e. The summed E-state index contributed by atoms with van der Waals surface area (Å²) in [5, 5.41) is -0.463. The molecule has 1 heterocycles. The van der Waals surface area contributed by atoms with Crippen LogP contribution in [0.25, 0.3) is 0 Å². The maximum Gasteiger partial charge on any atom is 0.417 e. The Balaban J connectivity index is 1.85. The van der Waals surface area contributed by atoms with Crippen LogP contribution in [0.5, 0.6) is 0 Å². The van der Waals surface area contributed by atoms with E-state index in [1.807, 2.05) is 32.9 Å². The quantitative estimate of drug-likeness (QED) is 0.437. The normalized spacial score (nSPS) is 19.6. The van der Waals surface area contributed by atoms with Gasteiger partial charge in [-0.25, -0.2) is 13.4 Å².